The zero-order valence-electron chi connectivity index (χ0n) is 15.3. The molecule has 5 heteroatoms. The Morgan fingerprint density at radius 2 is 1.88 bits per heavy atom. The van der Waals surface area contributed by atoms with Crippen molar-refractivity contribution in [2.45, 2.75) is 19.8 Å². The van der Waals surface area contributed by atoms with Gasteiger partial charge in [-0.3, -0.25) is 9.79 Å². The average molecular weight is 369 g/mol. The highest BCUT2D eigenvalue weighted by atomic mass is 32.2. The summed E-state index contributed by atoms with van der Waals surface area (Å²) < 4.78 is 5.17. The van der Waals surface area contributed by atoms with E-state index in [1.165, 1.54) is 5.56 Å². The molecule has 1 heterocycles. The van der Waals surface area contributed by atoms with Crippen LogP contribution in [-0.4, -0.2) is 36.9 Å². The lowest BCUT2D eigenvalue weighted by Gasteiger charge is -2.27. The number of rotatable bonds is 6. The standard InChI is InChI=1S/C21H24N2O2S/c1-3-16-5-9-18(10-6-16)23(21-22-13-4-14-26-21)15-20(24)17-7-11-19(25-2)12-8-17/h5-12H,3-4,13-15H2,1-2H3. The molecule has 26 heavy (non-hydrogen) atoms. The number of aryl methyl sites for hydroxylation is 1. The SMILES string of the molecule is CCc1ccc(N(CC(=O)c2ccc(OC)cc2)C2=NCCCS2)cc1. The highest BCUT2D eigenvalue weighted by Gasteiger charge is 2.20. The van der Waals surface area contributed by atoms with Gasteiger partial charge < -0.3 is 9.64 Å². The van der Waals surface area contributed by atoms with Crippen molar-refractivity contribution in [2.75, 3.05) is 30.9 Å². The number of thioether (sulfide) groups is 1. The minimum atomic E-state index is 0.0705. The fourth-order valence-electron chi connectivity index (χ4n) is 2.80. The summed E-state index contributed by atoms with van der Waals surface area (Å²) in [6.07, 6.45) is 2.09. The Labute approximate surface area is 159 Å². The molecule has 2 aromatic rings. The molecule has 0 radical (unpaired) electrons. The number of hydrogen-bond donors (Lipinski definition) is 0. The summed E-state index contributed by atoms with van der Waals surface area (Å²) in [4.78, 5) is 19.5. The second kappa shape index (κ2) is 8.90. The number of anilines is 1. The normalized spacial score (nSPS) is 13.8. The van der Waals surface area contributed by atoms with Gasteiger partial charge in [-0.1, -0.05) is 30.8 Å². The summed E-state index contributed by atoms with van der Waals surface area (Å²) in [5, 5.41) is 0.933. The van der Waals surface area contributed by atoms with Gasteiger partial charge in [-0.15, -0.1) is 0 Å². The number of amidine groups is 1. The molecule has 0 aromatic heterocycles. The van der Waals surface area contributed by atoms with Crippen LogP contribution in [0, 0.1) is 0 Å². The molecule has 0 spiro atoms. The average Bonchev–Trinajstić information content (AvgIpc) is 2.72. The van der Waals surface area contributed by atoms with E-state index in [0.717, 1.165) is 41.7 Å². The topological polar surface area (TPSA) is 41.9 Å². The fourth-order valence-corrected chi connectivity index (χ4v) is 3.77. The van der Waals surface area contributed by atoms with Gasteiger partial charge in [0.2, 0.25) is 0 Å². The van der Waals surface area contributed by atoms with Gasteiger partial charge in [0, 0.05) is 23.5 Å². The summed E-state index contributed by atoms with van der Waals surface area (Å²) in [6.45, 7) is 3.24. The zero-order valence-corrected chi connectivity index (χ0v) is 16.1. The molecule has 0 bridgehead atoms. The Morgan fingerprint density at radius 3 is 2.46 bits per heavy atom. The highest BCUT2D eigenvalue weighted by molar-refractivity contribution is 8.14. The molecule has 0 N–H and O–H groups in total. The number of nitrogens with zero attached hydrogens (tertiary/aromatic N) is 2. The van der Waals surface area contributed by atoms with Gasteiger partial charge >= 0.3 is 0 Å². The molecule has 4 nitrogen and oxygen atoms in total. The maximum absolute atomic E-state index is 12.8. The van der Waals surface area contributed by atoms with E-state index in [-0.39, 0.29) is 12.3 Å². The molecular weight excluding hydrogens is 344 g/mol. The Morgan fingerprint density at radius 1 is 1.15 bits per heavy atom. The minimum Gasteiger partial charge on any atom is -0.497 e. The molecule has 3 rings (SSSR count). The molecule has 0 aliphatic carbocycles. The Bertz CT molecular complexity index is 770. The molecule has 1 aliphatic heterocycles. The number of benzene rings is 2. The first kappa shape index (κ1) is 18.5. The van der Waals surface area contributed by atoms with Crippen molar-refractivity contribution in [2.24, 2.45) is 4.99 Å². The molecule has 0 amide bonds. The molecule has 136 valence electrons. The van der Waals surface area contributed by atoms with Gasteiger partial charge in [-0.2, -0.15) is 0 Å². The van der Waals surface area contributed by atoms with E-state index in [4.69, 9.17) is 4.74 Å². The van der Waals surface area contributed by atoms with Crippen molar-refractivity contribution >= 4 is 28.4 Å². The summed E-state index contributed by atoms with van der Waals surface area (Å²) in [5.74, 6) is 1.86. The van der Waals surface area contributed by atoms with Gasteiger partial charge in [0.05, 0.1) is 13.7 Å². The molecule has 0 saturated heterocycles. The van der Waals surface area contributed by atoms with Gasteiger partial charge in [0.25, 0.3) is 0 Å². The lowest BCUT2D eigenvalue weighted by Crippen LogP contribution is -2.35. The van der Waals surface area contributed by atoms with Gasteiger partial charge in [-0.25, -0.2) is 0 Å². The quantitative estimate of drug-likeness (QED) is 0.707. The number of carbonyl (C=O) groups is 1. The zero-order chi connectivity index (χ0) is 18.4. The van der Waals surface area contributed by atoms with Crippen LogP contribution in [0.2, 0.25) is 0 Å². The Balaban J connectivity index is 1.84. The predicted molar refractivity (Wildman–Crippen MR) is 110 cm³/mol. The summed E-state index contributed by atoms with van der Waals surface area (Å²) in [5.41, 5.74) is 2.98. The maximum atomic E-state index is 12.8. The lowest BCUT2D eigenvalue weighted by atomic mass is 10.1. The number of ether oxygens (including phenoxy) is 1. The Kier molecular flexibility index (Phi) is 6.34. The van der Waals surface area contributed by atoms with Crippen LogP contribution in [0.25, 0.3) is 0 Å². The largest absolute Gasteiger partial charge is 0.497 e. The van der Waals surface area contributed by atoms with Crippen LogP contribution in [0.3, 0.4) is 0 Å². The molecule has 0 unspecified atom stereocenters. The van der Waals surface area contributed by atoms with Gasteiger partial charge in [-0.05, 0) is 54.8 Å². The second-order valence-electron chi connectivity index (χ2n) is 6.12. The van der Waals surface area contributed by atoms with Crippen molar-refractivity contribution < 1.29 is 9.53 Å². The maximum Gasteiger partial charge on any atom is 0.182 e. The van der Waals surface area contributed by atoms with Gasteiger partial charge in [0.1, 0.15) is 5.75 Å². The van der Waals surface area contributed by atoms with Crippen LogP contribution in [0.15, 0.2) is 53.5 Å². The summed E-state index contributed by atoms with van der Waals surface area (Å²) in [6, 6.07) is 15.7. The van der Waals surface area contributed by atoms with E-state index < -0.39 is 0 Å². The van der Waals surface area contributed by atoms with E-state index in [1.54, 1.807) is 18.9 Å². The Hall–Kier alpha value is -2.27. The number of carbonyl (C=O) groups excluding carboxylic acids is 1. The first-order valence-corrected chi connectivity index (χ1v) is 9.91. The third-order valence-electron chi connectivity index (χ3n) is 4.38. The lowest BCUT2D eigenvalue weighted by molar-refractivity contribution is 0.100. The summed E-state index contributed by atoms with van der Waals surface area (Å²) in [7, 11) is 1.62. The van der Waals surface area contributed by atoms with Crippen LogP contribution in [0.1, 0.15) is 29.3 Å². The van der Waals surface area contributed by atoms with Crippen LogP contribution in [0.4, 0.5) is 5.69 Å². The first-order valence-electron chi connectivity index (χ1n) is 8.92. The molecule has 0 atom stereocenters. The minimum absolute atomic E-state index is 0.0705. The predicted octanol–water partition coefficient (Wildman–Crippen LogP) is 4.44. The summed E-state index contributed by atoms with van der Waals surface area (Å²) >= 11 is 1.72. The van der Waals surface area contributed by atoms with E-state index in [1.807, 2.05) is 29.2 Å². The number of aliphatic imine (C=N–C) groups is 1. The van der Waals surface area contributed by atoms with Crippen molar-refractivity contribution in [3.05, 3.63) is 59.7 Å². The molecular formula is C21H24N2O2S. The van der Waals surface area contributed by atoms with Crippen LogP contribution < -0.4 is 9.64 Å². The molecule has 2 aromatic carbocycles. The fraction of sp³-hybridized carbons (Fsp3) is 0.333. The number of ketones is 1. The number of hydrogen-bond acceptors (Lipinski definition) is 5. The van der Waals surface area contributed by atoms with Crippen LogP contribution in [0.5, 0.6) is 5.75 Å². The third-order valence-corrected chi connectivity index (χ3v) is 5.48. The number of methoxy groups -OCH3 is 1. The van der Waals surface area contributed by atoms with Crippen LogP contribution >= 0.6 is 11.8 Å². The van der Waals surface area contributed by atoms with Crippen molar-refractivity contribution in [1.82, 2.24) is 0 Å². The smallest absolute Gasteiger partial charge is 0.182 e. The van der Waals surface area contributed by atoms with Crippen LogP contribution in [-0.2, 0) is 6.42 Å². The van der Waals surface area contributed by atoms with Gasteiger partial charge in [0.15, 0.2) is 11.0 Å². The first-order chi connectivity index (χ1) is 12.7. The molecule has 1 aliphatic rings. The van der Waals surface area contributed by atoms with Crippen molar-refractivity contribution in [1.29, 1.82) is 0 Å². The molecule has 0 fully saturated rings. The number of Topliss-reactive ketones (excluding diaryl/α,β-unsaturated/α-hetero) is 1. The monoisotopic (exact) mass is 368 g/mol. The highest BCUT2D eigenvalue weighted by Crippen LogP contribution is 2.24. The van der Waals surface area contributed by atoms with E-state index in [2.05, 4.69) is 36.2 Å². The van der Waals surface area contributed by atoms with E-state index in [9.17, 15) is 4.79 Å². The van der Waals surface area contributed by atoms with E-state index >= 15 is 0 Å². The third kappa shape index (κ3) is 4.47. The van der Waals surface area contributed by atoms with Crippen molar-refractivity contribution in [3.63, 3.8) is 0 Å². The second-order valence-corrected chi connectivity index (χ2v) is 7.19. The van der Waals surface area contributed by atoms with E-state index in [0.29, 0.717) is 5.56 Å². The molecule has 0 saturated carbocycles. The van der Waals surface area contributed by atoms with Crippen molar-refractivity contribution in [3.8, 4) is 5.75 Å².